The van der Waals surface area contributed by atoms with Gasteiger partial charge in [0.1, 0.15) is 0 Å². The smallest absolute Gasteiger partial charge is 0.213 e. The lowest BCUT2D eigenvalue weighted by molar-refractivity contribution is 0.407. The van der Waals surface area contributed by atoms with E-state index in [2.05, 4.69) is 30.6 Å². The molecule has 0 aliphatic heterocycles. The zero-order valence-corrected chi connectivity index (χ0v) is 9.86. The fraction of sp³-hybridized carbons (Fsp3) is 0.111. The lowest BCUT2D eigenvalue weighted by Gasteiger charge is -2.08. The van der Waals surface area contributed by atoms with Crippen LogP contribution in [0.15, 0.2) is 33.6 Å². The van der Waals surface area contributed by atoms with Crippen LogP contribution in [0, 0.1) is 0 Å². The second-order valence-electron chi connectivity index (χ2n) is 2.94. The summed E-state index contributed by atoms with van der Waals surface area (Å²) in [6.45, 7) is 0. The van der Waals surface area contributed by atoms with E-state index < -0.39 is 6.04 Å². The highest BCUT2D eigenvalue weighted by Gasteiger charge is 2.14. The summed E-state index contributed by atoms with van der Waals surface area (Å²) in [5.74, 6) is 0.438. The molecule has 0 bridgehead atoms. The minimum Gasteiger partial charge on any atom is -0.343 e. The molecule has 1 atom stereocenters. The molecule has 0 saturated heterocycles. The normalized spacial score (nSPS) is 12.7. The molecule has 15 heavy (non-hydrogen) atoms. The van der Waals surface area contributed by atoms with E-state index in [1.807, 2.05) is 12.1 Å². The molecule has 0 fully saturated rings. The van der Waals surface area contributed by atoms with Crippen molar-refractivity contribution in [2.75, 3.05) is 0 Å². The van der Waals surface area contributed by atoms with Crippen LogP contribution in [0.4, 0.5) is 0 Å². The Hall–Kier alpha value is -0.910. The number of hydrogen-bond acceptors (Lipinski definition) is 4. The first-order chi connectivity index (χ1) is 7.18. The summed E-state index contributed by atoms with van der Waals surface area (Å²) in [4.78, 5) is 3.89. The van der Waals surface area contributed by atoms with Gasteiger partial charge in [-0.1, -0.05) is 22.8 Å². The van der Waals surface area contributed by atoms with Crippen molar-refractivity contribution in [1.29, 1.82) is 0 Å². The Labute approximate surface area is 99.5 Å². The maximum atomic E-state index is 5.95. The van der Waals surface area contributed by atoms with Crippen LogP contribution >= 0.6 is 27.5 Å². The Morgan fingerprint density at radius 1 is 1.47 bits per heavy atom. The van der Waals surface area contributed by atoms with Crippen molar-refractivity contribution in [3.05, 3.63) is 45.5 Å². The summed E-state index contributed by atoms with van der Waals surface area (Å²) >= 11 is 9.26. The Morgan fingerprint density at radius 2 is 2.27 bits per heavy atom. The second-order valence-corrected chi connectivity index (χ2v) is 4.20. The lowest BCUT2D eigenvalue weighted by atomic mass is 10.1. The zero-order valence-electron chi connectivity index (χ0n) is 7.52. The quantitative estimate of drug-likeness (QED) is 0.922. The van der Waals surface area contributed by atoms with Crippen LogP contribution in [-0.2, 0) is 0 Å². The maximum absolute atomic E-state index is 5.95. The summed E-state index contributed by atoms with van der Waals surface area (Å²) in [7, 11) is 0. The first kappa shape index (κ1) is 10.6. The van der Waals surface area contributed by atoms with Gasteiger partial charge in [-0.05, 0) is 33.6 Å². The van der Waals surface area contributed by atoms with Crippen LogP contribution in [0.25, 0.3) is 0 Å². The summed E-state index contributed by atoms with van der Waals surface area (Å²) < 4.78 is 5.45. The molecule has 0 saturated carbocycles. The van der Waals surface area contributed by atoms with E-state index in [0.717, 1.165) is 10.0 Å². The molecule has 1 aromatic carbocycles. The zero-order chi connectivity index (χ0) is 10.8. The molecule has 0 spiro atoms. The third-order valence-electron chi connectivity index (χ3n) is 1.96. The number of aromatic nitrogens is 2. The number of benzene rings is 1. The van der Waals surface area contributed by atoms with Crippen LogP contribution in [0.1, 0.15) is 17.4 Å². The molecule has 2 aromatic rings. The molecular weight excluding hydrogens is 281 g/mol. The number of rotatable bonds is 2. The third-order valence-corrected chi connectivity index (χ3v) is 3.19. The highest BCUT2D eigenvalue weighted by atomic mass is 79.9. The van der Waals surface area contributed by atoms with E-state index in [-0.39, 0.29) is 0 Å². The van der Waals surface area contributed by atoms with Gasteiger partial charge in [0.15, 0.2) is 5.82 Å². The van der Waals surface area contributed by atoms with Crippen molar-refractivity contribution < 1.29 is 4.52 Å². The predicted molar refractivity (Wildman–Crippen MR) is 59.5 cm³/mol. The van der Waals surface area contributed by atoms with Gasteiger partial charge < -0.3 is 10.3 Å². The van der Waals surface area contributed by atoms with Gasteiger partial charge in [0.2, 0.25) is 6.39 Å². The van der Waals surface area contributed by atoms with Crippen LogP contribution < -0.4 is 5.73 Å². The van der Waals surface area contributed by atoms with Gasteiger partial charge in [0, 0.05) is 4.47 Å². The van der Waals surface area contributed by atoms with Gasteiger partial charge >= 0.3 is 0 Å². The maximum Gasteiger partial charge on any atom is 0.213 e. The predicted octanol–water partition coefficient (Wildman–Crippen LogP) is 2.53. The molecule has 4 nitrogen and oxygen atoms in total. The second kappa shape index (κ2) is 4.30. The van der Waals surface area contributed by atoms with Gasteiger partial charge in [-0.25, -0.2) is 0 Å². The molecule has 0 aliphatic rings. The van der Waals surface area contributed by atoms with E-state index in [4.69, 9.17) is 17.3 Å². The van der Waals surface area contributed by atoms with E-state index in [0.29, 0.717) is 10.8 Å². The summed E-state index contributed by atoms with van der Waals surface area (Å²) in [6, 6.07) is 5.04. The monoisotopic (exact) mass is 287 g/mol. The molecule has 0 radical (unpaired) electrons. The third kappa shape index (κ3) is 2.19. The van der Waals surface area contributed by atoms with Crippen LogP contribution in [-0.4, -0.2) is 10.1 Å². The molecule has 2 rings (SSSR count). The Morgan fingerprint density at radius 3 is 2.87 bits per heavy atom. The molecular formula is C9H7BrClN3O. The Balaban J connectivity index is 2.34. The molecule has 1 aromatic heterocycles. The van der Waals surface area contributed by atoms with Crippen molar-refractivity contribution in [3.63, 3.8) is 0 Å². The summed E-state index contributed by atoms with van der Waals surface area (Å²) in [5.41, 5.74) is 6.76. The van der Waals surface area contributed by atoms with Crippen LogP contribution in [0.5, 0.6) is 0 Å². The molecule has 1 heterocycles. The van der Waals surface area contributed by atoms with E-state index in [1.165, 1.54) is 6.39 Å². The standard InChI is InChI=1S/C9H7BrClN3O/c10-6-2-1-5(3-7(6)11)8(12)9-13-4-15-14-9/h1-4,8H,12H2. The summed E-state index contributed by atoms with van der Waals surface area (Å²) in [6.07, 6.45) is 1.25. The summed E-state index contributed by atoms with van der Waals surface area (Å²) in [5, 5.41) is 4.28. The van der Waals surface area contributed by atoms with Gasteiger partial charge in [-0.2, -0.15) is 4.98 Å². The Bertz CT molecular complexity index is 460. The fourth-order valence-electron chi connectivity index (χ4n) is 1.17. The van der Waals surface area contributed by atoms with Crippen molar-refractivity contribution in [1.82, 2.24) is 10.1 Å². The van der Waals surface area contributed by atoms with Gasteiger partial charge in [0.05, 0.1) is 11.1 Å². The van der Waals surface area contributed by atoms with E-state index in [1.54, 1.807) is 6.07 Å². The lowest BCUT2D eigenvalue weighted by Crippen LogP contribution is -2.13. The minimum absolute atomic E-state index is 0.422. The van der Waals surface area contributed by atoms with Gasteiger partial charge in [-0.15, -0.1) is 0 Å². The fourth-order valence-corrected chi connectivity index (χ4v) is 1.61. The number of nitrogens with zero attached hydrogens (tertiary/aromatic N) is 2. The topological polar surface area (TPSA) is 64.9 Å². The molecule has 78 valence electrons. The average molecular weight is 289 g/mol. The number of hydrogen-bond donors (Lipinski definition) is 1. The van der Waals surface area contributed by atoms with Crippen molar-refractivity contribution in [2.24, 2.45) is 5.73 Å². The molecule has 0 amide bonds. The van der Waals surface area contributed by atoms with Gasteiger partial charge in [-0.3, -0.25) is 0 Å². The SMILES string of the molecule is NC(c1ccc(Br)c(Cl)c1)c1ncon1. The highest BCUT2D eigenvalue weighted by Crippen LogP contribution is 2.26. The van der Waals surface area contributed by atoms with Crippen LogP contribution in [0.3, 0.4) is 0 Å². The van der Waals surface area contributed by atoms with E-state index in [9.17, 15) is 0 Å². The van der Waals surface area contributed by atoms with Crippen molar-refractivity contribution in [2.45, 2.75) is 6.04 Å². The minimum atomic E-state index is -0.422. The number of nitrogens with two attached hydrogens (primary N) is 1. The largest absolute Gasteiger partial charge is 0.343 e. The molecule has 0 aliphatic carbocycles. The van der Waals surface area contributed by atoms with Gasteiger partial charge in [0.25, 0.3) is 0 Å². The van der Waals surface area contributed by atoms with Crippen LogP contribution in [0.2, 0.25) is 5.02 Å². The average Bonchev–Trinajstić information content (AvgIpc) is 2.74. The molecule has 6 heteroatoms. The van der Waals surface area contributed by atoms with Crippen molar-refractivity contribution in [3.8, 4) is 0 Å². The van der Waals surface area contributed by atoms with Crippen molar-refractivity contribution >= 4 is 27.5 Å². The first-order valence-corrected chi connectivity index (χ1v) is 5.32. The Kier molecular flexibility index (Phi) is 3.04. The van der Waals surface area contributed by atoms with E-state index >= 15 is 0 Å². The first-order valence-electron chi connectivity index (χ1n) is 4.15. The highest BCUT2D eigenvalue weighted by molar-refractivity contribution is 9.10. The number of halogens is 2. The molecule has 1 unspecified atom stereocenters. The molecule has 2 N–H and O–H groups in total.